The van der Waals surface area contributed by atoms with Crippen LogP contribution in [0.1, 0.15) is 49.3 Å². The van der Waals surface area contributed by atoms with E-state index in [1.54, 1.807) is 9.58 Å². The fourth-order valence-electron chi connectivity index (χ4n) is 3.30. The van der Waals surface area contributed by atoms with Crippen molar-refractivity contribution in [2.24, 2.45) is 7.05 Å². The highest BCUT2D eigenvalue weighted by Crippen LogP contribution is 2.36. The van der Waals surface area contributed by atoms with Gasteiger partial charge in [0.2, 0.25) is 0 Å². The summed E-state index contributed by atoms with van der Waals surface area (Å²) < 4.78 is 13.8. The topological polar surface area (TPSA) is 69.5 Å². The molecule has 0 unspecified atom stereocenters. The summed E-state index contributed by atoms with van der Waals surface area (Å²) in [4.78, 5) is 14.6. The van der Waals surface area contributed by atoms with Gasteiger partial charge in [0.05, 0.1) is 17.7 Å². The molecule has 0 atom stereocenters. The van der Waals surface area contributed by atoms with Crippen molar-refractivity contribution in [3.63, 3.8) is 0 Å². The van der Waals surface area contributed by atoms with Crippen molar-refractivity contribution in [3.8, 4) is 0 Å². The smallest absolute Gasteiger partial charge is 0.399 e. The number of hydrogen-bond acceptors (Lipinski definition) is 5. The van der Waals surface area contributed by atoms with Crippen LogP contribution in [-0.2, 0) is 29.4 Å². The second-order valence-corrected chi connectivity index (χ2v) is 8.05. The van der Waals surface area contributed by atoms with Crippen LogP contribution in [-0.4, -0.2) is 44.1 Å². The molecule has 26 heavy (non-hydrogen) atoms. The third kappa shape index (κ3) is 2.73. The maximum Gasteiger partial charge on any atom is 0.494 e. The van der Waals surface area contributed by atoms with E-state index in [-0.39, 0.29) is 5.91 Å². The van der Waals surface area contributed by atoms with Crippen LogP contribution in [0.4, 0.5) is 0 Å². The molecule has 2 aliphatic heterocycles. The lowest BCUT2D eigenvalue weighted by atomic mass is 9.78. The van der Waals surface area contributed by atoms with Crippen LogP contribution in [0.3, 0.4) is 0 Å². The monoisotopic (exact) mass is 354 g/mol. The minimum Gasteiger partial charge on any atom is -0.399 e. The maximum absolute atomic E-state index is 12.8. The van der Waals surface area contributed by atoms with E-state index in [1.807, 2.05) is 59.1 Å². The number of aryl methyl sites for hydroxylation is 1. The van der Waals surface area contributed by atoms with Gasteiger partial charge < -0.3 is 14.2 Å². The first-order valence-corrected chi connectivity index (χ1v) is 8.79. The number of carbonyl (C=O) groups excluding carboxylic acids is 1. The number of amides is 1. The van der Waals surface area contributed by atoms with Crippen LogP contribution in [0.2, 0.25) is 0 Å². The zero-order valence-electron chi connectivity index (χ0n) is 15.8. The second-order valence-electron chi connectivity index (χ2n) is 8.05. The summed E-state index contributed by atoms with van der Waals surface area (Å²) in [5.41, 5.74) is 2.56. The summed E-state index contributed by atoms with van der Waals surface area (Å²) in [6.45, 7) is 9.12. The highest BCUT2D eigenvalue weighted by atomic mass is 16.7. The quantitative estimate of drug-likeness (QED) is 0.777. The molecule has 136 valence electrons. The van der Waals surface area contributed by atoms with Gasteiger partial charge in [-0.25, -0.2) is 0 Å². The number of aromatic nitrogens is 3. The largest absolute Gasteiger partial charge is 0.494 e. The summed E-state index contributed by atoms with van der Waals surface area (Å²) in [6.07, 6.45) is 1.83. The van der Waals surface area contributed by atoms with E-state index in [2.05, 4.69) is 10.3 Å². The average Bonchev–Trinajstić information content (AvgIpc) is 3.16. The molecular formula is C18H23BN4O3. The van der Waals surface area contributed by atoms with Crippen molar-refractivity contribution in [2.75, 3.05) is 0 Å². The van der Waals surface area contributed by atoms with Gasteiger partial charge in [0.1, 0.15) is 5.69 Å². The molecule has 0 N–H and O–H groups in total. The zero-order chi connectivity index (χ0) is 18.7. The molecule has 3 heterocycles. The molecule has 2 aliphatic rings. The predicted octanol–water partition coefficient (Wildman–Crippen LogP) is 1.27. The lowest BCUT2D eigenvalue weighted by Crippen LogP contribution is -2.41. The maximum atomic E-state index is 12.8. The Morgan fingerprint density at radius 1 is 1.19 bits per heavy atom. The van der Waals surface area contributed by atoms with E-state index in [9.17, 15) is 4.79 Å². The van der Waals surface area contributed by atoms with E-state index in [0.29, 0.717) is 18.7 Å². The molecule has 0 bridgehead atoms. The molecule has 7 nitrogen and oxygen atoms in total. The first kappa shape index (κ1) is 17.2. The molecule has 1 amide bonds. The Hall–Kier alpha value is -2.19. The van der Waals surface area contributed by atoms with Gasteiger partial charge in [0.25, 0.3) is 5.91 Å². The number of rotatable bonds is 3. The zero-order valence-corrected chi connectivity index (χ0v) is 15.8. The lowest BCUT2D eigenvalue weighted by molar-refractivity contribution is 0.00578. The first-order valence-electron chi connectivity index (χ1n) is 8.79. The normalized spacial score (nSPS) is 20.7. The summed E-state index contributed by atoms with van der Waals surface area (Å²) >= 11 is 0. The molecule has 2 aromatic rings. The summed E-state index contributed by atoms with van der Waals surface area (Å²) in [7, 11) is 1.35. The standard InChI is InChI=1S/C18H23BN4O3/c1-17(2)18(3,4)26-19(25-17)13-7-6-12-9-23(16(24)15(12)8-13)11-14-10-22(5)21-20-14/h6-8,10H,9,11H2,1-5H3. The van der Waals surface area contributed by atoms with Gasteiger partial charge in [-0.15, -0.1) is 5.10 Å². The lowest BCUT2D eigenvalue weighted by Gasteiger charge is -2.32. The summed E-state index contributed by atoms with van der Waals surface area (Å²) in [5.74, 6) is 0.00372. The minimum absolute atomic E-state index is 0.00372. The molecule has 1 aromatic carbocycles. The Morgan fingerprint density at radius 3 is 2.50 bits per heavy atom. The van der Waals surface area contributed by atoms with Gasteiger partial charge in [-0.3, -0.25) is 9.48 Å². The second kappa shape index (κ2) is 5.66. The van der Waals surface area contributed by atoms with E-state index in [1.165, 1.54) is 0 Å². The van der Waals surface area contributed by atoms with Crippen molar-refractivity contribution >= 4 is 18.5 Å². The van der Waals surface area contributed by atoms with Crippen molar-refractivity contribution in [1.29, 1.82) is 0 Å². The Morgan fingerprint density at radius 2 is 1.88 bits per heavy atom. The fraction of sp³-hybridized carbons (Fsp3) is 0.500. The van der Waals surface area contributed by atoms with E-state index in [0.717, 1.165) is 16.7 Å². The Balaban J connectivity index is 1.55. The molecule has 1 aromatic heterocycles. The van der Waals surface area contributed by atoms with Crippen LogP contribution in [0, 0.1) is 0 Å². The van der Waals surface area contributed by atoms with Gasteiger partial charge in [-0.1, -0.05) is 17.3 Å². The van der Waals surface area contributed by atoms with Gasteiger partial charge in [0.15, 0.2) is 0 Å². The number of nitrogens with zero attached hydrogens (tertiary/aromatic N) is 4. The fourth-order valence-corrected chi connectivity index (χ4v) is 3.30. The van der Waals surface area contributed by atoms with Gasteiger partial charge in [0, 0.05) is 25.4 Å². The summed E-state index contributed by atoms with van der Waals surface area (Å²) in [5, 5.41) is 7.99. The Labute approximate surface area is 153 Å². The van der Waals surface area contributed by atoms with Gasteiger partial charge in [-0.2, -0.15) is 0 Å². The molecule has 8 heteroatoms. The van der Waals surface area contributed by atoms with Crippen molar-refractivity contribution in [1.82, 2.24) is 19.9 Å². The molecule has 4 rings (SSSR count). The highest BCUT2D eigenvalue weighted by Gasteiger charge is 2.52. The molecule has 0 saturated carbocycles. The summed E-state index contributed by atoms with van der Waals surface area (Å²) in [6, 6.07) is 5.88. The van der Waals surface area contributed by atoms with Crippen molar-refractivity contribution in [3.05, 3.63) is 41.2 Å². The van der Waals surface area contributed by atoms with Crippen molar-refractivity contribution < 1.29 is 14.1 Å². The van der Waals surface area contributed by atoms with Crippen molar-refractivity contribution in [2.45, 2.75) is 52.0 Å². The molecular weight excluding hydrogens is 331 g/mol. The van der Waals surface area contributed by atoms with Crippen LogP contribution < -0.4 is 5.46 Å². The molecule has 1 fully saturated rings. The third-order valence-electron chi connectivity index (χ3n) is 5.54. The van der Waals surface area contributed by atoms with Crippen LogP contribution in [0.25, 0.3) is 0 Å². The number of fused-ring (bicyclic) bond motifs is 1. The molecule has 0 radical (unpaired) electrons. The molecule has 1 saturated heterocycles. The number of hydrogen-bond donors (Lipinski definition) is 0. The molecule has 0 aliphatic carbocycles. The van der Waals surface area contributed by atoms with Crippen LogP contribution in [0.5, 0.6) is 0 Å². The van der Waals surface area contributed by atoms with Gasteiger partial charge >= 0.3 is 7.12 Å². The highest BCUT2D eigenvalue weighted by molar-refractivity contribution is 6.62. The van der Waals surface area contributed by atoms with E-state index >= 15 is 0 Å². The average molecular weight is 354 g/mol. The first-order chi connectivity index (χ1) is 12.2. The SMILES string of the molecule is Cn1cc(CN2Cc3ccc(B4OC(C)(C)C(C)(C)O4)cc3C2=O)nn1. The molecule has 0 spiro atoms. The number of carbonyl (C=O) groups is 1. The van der Waals surface area contributed by atoms with Crippen LogP contribution in [0.15, 0.2) is 24.4 Å². The number of benzene rings is 1. The Bertz CT molecular complexity index is 861. The van der Waals surface area contributed by atoms with E-state index in [4.69, 9.17) is 9.31 Å². The van der Waals surface area contributed by atoms with Gasteiger partial charge in [-0.05, 0) is 44.8 Å². The van der Waals surface area contributed by atoms with E-state index < -0.39 is 18.3 Å². The third-order valence-corrected chi connectivity index (χ3v) is 5.54. The van der Waals surface area contributed by atoms with Crippen LogP contribution >= 0.6 is 0 Å². The predicted molar refractivity (Wildman–Crippen MR) is 96.7 cm³/mol. The Kier molecular flexibility index (Phi) is 3.75. The minimum atomic E-state index is -0.466.